The van der Waals surface area contributed by atoms with E-state index in [-0.39, 0.29) is 0 Å². The van der Waals surface area contributed by atoms with Gasteiger partial charge in [-0.2, -0.15) is 4.72 Å². The average molecular weight is 294 g/mol. The van der Waals surface area contributed by atoms with Gasteiger partial charge in [0.05, 0.1) is 12.6 Å². The molecule has 0 radical (unpaired) electrons. The van der Waals surface area contributed by atoms with E-state index in [1.54, 1.807) is 0 Å². The number of carbonyl (C=O) groups is 2. The van der Waals surface area contributed by atoms with Crippen molar-refractivity contribution in [3.8, 4) is 0 Å². The predicted molar refractivity (Wildman–Crippen MR) is 60.9 cm³/mol. The van der Waals surface area contributed by atoms with Gasteiger partial charge in [0.2, 0.25) is 0 Å². The second kappa shape index (κ2) is 5.42. The fourth-order valence-corrected chi connectivity index (χ4v) is 3.43. The number of hydrogen-bond donors (Lipinski definition) is 2. The third-order valence-corrected chi connectivity index (χ3v) is 4.78. The molecule has 1 aromatic rings. The zero-order valence-electron chi connectivity index (χ0n) is 9.41. The van der Waals surface area contributed by atoms with Gasteiger partial charge in [0.1, 0.15) is 6.04 Å². The van der Waals surface area contributed by atoms with Crippen LogP contribution < -0.4 is 4.72 Å². The van der Waals surface area contributed by atoms with Crippen molar-refractivity contribution in [2.75, 3.05) is 7.11 Å². The van der Waals surface area contributed by atoms with Crippen LogP contribution >= 0.6 is 11.3 Å². The normalized spacial score (nSPS) is 13.0. The molecule has 8 nitrogen and oxygen atoms in total. The fraction of sp³-hybridized carbons (Fsp3) is 0.375. The van der Waals surface area contributed by atoms with E-state index in [1.165, 1.54) is 6.92 Å². The average Bonchev–Trinajstić information content (AvgIpc) is 2.76. The second-order valence-corrected chi connectivity index (χ2v) is 5.92. The van der Waals surface area contributed by atoms with Crippen LogP contribution in [0, 0.1) is 0 Å². The number of methoxy groups -OCH3 is 1. The van der Waals surface area contributed by atoms with E-state index < -0.39 is 37.9 Å². The molecule has 0 bridgehead atoms. The van der Waals surface area contributed by atoms with Gasteiger partial charge in [0, 0.05) is 0 Å². The number of carboxylic acid groups (broad SMARTS) is 1. The molecular formula is C8H10N2O6S2. The summed E-state index contributed by atoms with van der Waals surface area (Å²) < 4.78 is 29.6. The summed E-state index contributed by atoms with van der Waals surface area (Å²) in [5, 5.41) is 8.77. The van der Waals surface area contributed by atoms with E-state index in [9.17, 15) is 18.0 Å². The monoisotopic (exact) mass is 294 g/mol. The summed E-state index contributed by atoms with van der Waals surface area (Å²) >= 11 is 0.652. The van der Waals surface area contributed by atoms with Crippen LogP contribution in [0.1, 0.15) is 17.4 Å². The number of esters is 1. The van der Waals surface area contributed by atoms with Crippen molar-refractivity contribution in [3.63, 3.8) is 0 Å². The highest BCUT2D eigenvalue weighted by atomic mass is 32.2. The molecule has 0 aliphatic carbocycles. The van der Waals surface area contributed by atoms with E-state index >= 15 is 0 Å². The van der Waals surface area contributed by atoms with Crippen molar-refractivity contribution in [2.45, 2.75) is 17.2 Å². The number of carbonyl (C=O) groups excluding carboxylic acids is 1. The molecule has 100 valence electrons. The summed E-state index contributed by atoms with van der Waals surface area (Å²) in [5.41, 5.74) is 0.519. The number of aromatic nitrogens is 1. The molecule has 1 atom stereocenters. The first-order chi connectivity index (χ1) is 8.29. The molecule has 2 N–H and O–H groups in total. The summed E-state index contributed by atoms with van der Waals surface area (Å²) in [6, 6.07) is -1.12. The number of nitrogens with zero attached hydrogens (tertiary/aromatic N) is 1. The van der Waals surface area contributed by atoms with Gasteiger partial charge in [-0.1, -0.05) is 0 Å². The van der Waals surface area contributed by atoms with Crippen LogP contribution in [0.5, 0.6) is 0 Å². The Labute approximate surface area is 107 Å². The number of carboxylic acids is 1. The molecule has 0 amide bonds. The second-order valence-electron chi connectivity index (χ2n) is 3.16. The summed E-state index contributed by atoms with van der Waals surface area (Å²) in [6.07, 6.45) is 0. The molecule has 18 heavy (non-hydrogen) atoms. The number of rotatable bonds is 5. The molecule has 0 saturated heterocycles. The third kappa shape index (κ3) is 3.03. The molecule has 1 aromatic heterocycles. The Hall–Kier alpha value is -1.52. The lowest BCUT2D eigenvalue weighted by molar-refractivity contribution is -0.142. The van der Waals surface area contributed by atoms with Gasteiger partial charge in [-0.25, -0.2) is 18.2 Å². The maximum Gasteiger partial charge on any atom is 0.356 e. The lowest BCUT2D eigenvalue weighted by atomic mass is 10.4. The van der Waals surface area contributed by atoms with Gasteiger partial charge in [0.25, 0.3) is 10.0 Å². The zero-order chi connectivity index (χ0) is 13.9. The SMILES string of the molecule is COC(=O)C(C)NS(=O)(=O)c1scnc1C(=O)O. The zero-order valence-corrected chi connectivity index (χ0v) is 11.0. The molecule has 1 unspecified atom stereocenters. The van der Waals surface area contributed by atoms with E-state index in [1.807, 2.05) is 4.72 Å². The lowest BCUT2D eigenvalue weighted by Gasteiger charge is -2.10. The summed E-state index contributed by atoms with van der Waals surface area (Å²) in [6.45, 7) is 1.28. The van der Waals surface area contributed by atoms with Gasteiger partial charge in [-0.3, -0.25) is 4.79 Å². The Morgan fingerprint density at radius 1 is 1.56 bits per heavy atom. The minimum atomic E-state index is -4.12. The summed E-state index contributed by atoms with van der Waals surface area (Å²) in [7, 11) is -3.01. The van der Waals surface area contributed by atoms with E-state index in [2.05, 4.69) is 9.72 Å². The van der Waals surface area contributed by atoms with Crippen molar-refractivity contribution in [2.24, 2.45) is 0 Å². The van der Waals surface area contributed by atoms with Crippen LogP contribution in [0.3, 0.4) is 0 Å². The number of sulfonamides is 1. The first-order valence-electron chi connectivity index (χ1n) is 4.56. The minimum absolute atomic E-state index is 0.453. The van der Waals surface area contributed by atoms with E-state index in [4.69, 9.17) is 5.11 Å². The minimum Gasteiger partial charge on any atom is -0.476 e. The first kappa shape index (κ1) is 14.5. The van der Waals surface area contributed by atoms with Crippen LogP contribution in [-0.2, 0) is 19.6 Å². The summed E-state index contributed by atoms with van der Waals surface area (Å²) in [4.78, 5) is 25.3. The van der Waals surface area contributed by atoms with Crippen LogP contribution in [0.4, 0.5) is 0 Å². The molecule has 10 heteroatoms. The Morgan fingerprint density at radius 3 is 2.67 bits per heavy atom. The molecule has 1 heterocycles. The van der Waals surface area contributed by atoms with Crippen molar-refractivity contribution in [1.82, 2.24) is 9.71 Å². The number of ether oxygens (including phenoxy) is 1. The first-order valence-corrected chi connectivity index (χ1v) is 6.92. The van der Waals surface area contributed by atoms with Gasteiger partial charge in [0.15, 0.2) is 9.90 Å². The smallest absolute Gasteiger partial charge is 0.356 e. The van der Waals surface area contributed by atoms with Crippen molar-refractivity contribution in [3.05, 3.63) is 11.2 Å². The Balaban J connectivity index is 3.04. The topological polar surface area (TPSA) is 123 Å². The van der Waals surface area contributed by atoms with Gasteiger partial charge in [-0.15, -0.1) is 11.3 Å². The van der Waals surface area contributed by atoms with Crippen molar-refractivity contribution in [1.29, 1.82) is 0 Å². The molecular weight excluding hydrogens is 284 g/mol. The highest BCUT2D eigenvalue weighted by Crippen LogP contribution is 2.20. The molecule has 0 aromatic carbocycles. The molecule has 0 aliphatic heterocycles. The third-order valence-electron chi connectivity index (χ3n) is 1.87. The van der Waals surface area contributed by atoms with Crippen LogP contribution in [0.15, 0.2) is 9.72 Å². The number of aromatic carboxylic acids is 1. The van der Waals surface area contributed by atoms with Crippen LogP contribution in [0.2, 0.25) is 0 Å². The van der Waals surface area contributed by atoms with Crippen molar-refractivity contribution >= 4 is 33.3 Å². The summed E-state index contributed by atoms with van der Waals surface area (Å²) in [5.74, 6) is -2.23. The molecule has 0 spiro atoms. The standard InChI is InChI=1S/C8H10N2O6S2/c1-4(7(13)16-2)10-18(14,15)8-5(6(11)12)9-3-17-8/h3-4,10H,1-2H3,(H,11,12). The van der Waals surface area contributed by atoms with E-state index in [0.717, 1.165) is 12.6 Å². The van der Waals surface area contributed by atoms with E-state index in [0.29, 0.717) is 11.3 Å². The van der Waals surface area contributed by atoms with Crippen molar-refractivity contribution < 1.29 is 27.9 Å². The highest BCUT2D eigenvalue weighted by Gasteiger charge is 2.29. The number of nitrogens with one attached hydrogen (secondary N) is 1. The quantitative estimate of drug-likeness (QED) is 0.713. The molecule has 1 rings (SSSR count). The van der Waals surface area contributed by atoms with Gasteiger partial charge in [-0.05, 0) is 6.92 Å². The van der Waals surface area contributed by atoms with Crippen LogP contribution in [-0.4, -0.2) is 43.6 Å². The molecule has 0 aliphatic rings. The van der Waals surface area contributed by atoms with Gasteiger partial charge < -0.3 is 9.84 Å². The Kier molecular flexibility index (Phi) is 4.38. The highest BCUT2D eigenvalue weighted by molar-refractivity contribution is 7.91. The fourth-order valence-electron chi connectivity index (χ4n) is 1.08. The number of thiazole rings is 1. The Bertz CT molecular complexity index is 564. The maximum absolute atomic E-state index is 11.8. The molecule has 0 fully saturated rings. The Morgan fingerprint density at radius 2 is 2.17 bits per heavy atom. The number of hydrogen-bond acceptors (Lipinski definition) is 7. The lowest BCUT2D eigenvalue weighted by Crippen LogP contribution is -2.39. The van der Waals surface area contributed by atoms with Gasteiger partial charge >= 0.3 is 11.9 Å². The van der Waals surface area contributed by atoms with Crippen LogP contribution in [0.25, 0.3) is 0 Å². The largest absolute Gasteiger partial charge is 0.476 e. The molecule has 0 saturated carbocycles. The maximum atomic E-state index is 11.8. The predicted octanol–water partition coefficient (Wildman–Crippen LogP) is -0.319.